The van der Waals surface area contributed by atoms with Crippen LogP contribution in [0.15, 0.2) is 36.4 Å². The largest absolute Gasteiger partial charge is 0.673 e. The van der Waals surface area contributed by atoms with Crippen LogP contribution in [0.1, 0.15) is 0 Å². The fraction of sp³-hybridized carbons (Fsp3) is 0.100. The van der Waals surface area contributed by atoms with E-state index in [9.17, 15) is 17.3 Å². The fourth-order valence-electron chi connectivity index (χ4n) is 1.32. The van der Waals surface area contributed by atoms with Crippen LogP contribution in [-0.4, -0.2) is 7.25 Å². The van der Waals surface area contributed by atoms with E-state index in [1.165, 1.54) is 5.39 Å². The van der Waals surface area contributed by atoms with Gasteiger partial charge in [-0.05, 0) is 23.7 Å². The molecule has 0 N–H and O–H groups in total. The first kappa shape index (κ1) is 13.8. The highest BCUT2D eigenvalue weighted by Gasteiger charge is 2.20. The molecule has 2 rings (SSSR count). The van der Waals surface area contributed by atoms with Crippen molar-refractivity contribution in [3.8, 4) is 0 Å². The number of hydrogen-bond acceptors (Lipinski definition) is 0. The molecule has 1 nitrogen and oxygen atoms in total. The fourth-order valence-corrected chi connectivity index (χ4v) is 1.47. The summed E-state index contributed by atoms with van der Waals surface area (Å²) in [5.74, 6) is 0. The van der Waals surface area contributed by atoms with E-state index in [1.807, 2.05) is 35.9 Å². The predicted molar refractivity (Wildman–Crippen MR) is 60.3 cm³/mol. The van der Waals surface area contributed by atoms with E-state index in [0.717, 1.165) is 10.7 Å². The molecule has 2 aromatic rings. The Morgan fingerprint density at radius 2 is 1.53 bits per heavy atom. The minimum atomic E-state index is -6.00. The summed E-state index contributed by atoms with van der Waals surface area (Å²) >= 11 is 5.95. The number of hydrogen-bond donors (Lipinski definition) is 0. The van der Waals surface area contributed by atoms with Gasteiger partial charge in [-0.25, -0.2) is 0 Å². The van der Waals surface area contributed by atoms with Gasteiger partial charge in [0.2, 0.25) is 5.52 Å². The molecule has 0 bridgehead atoms. The SMILES string of the molecule is C[n+]1c(Cl)ccc2ccccc21.F[B-](F)(F)F. The topological polar surface area (TPSA) is 3.88 Å². The monoisotopic (exact) mass is 265 g/mol. The number of aryl methyl sites for hydroxylation is 1. The zero-order valence-corrected chi connectivity index (χ0v) is 9.63. The highest BCUT2D eigenvalue weighted by molar-refractivity contribution is 6.50. The Morgan fingerprint density at radius 1 is 1.00 bits per heavy atom. The number of aromatic nitrogens is 1. The molecule has 0 atom stereocenters. The number of fused-ring (bicyclic) bond motifs is 1. The number of rotatable bonds is 0. The van der Waals surface area contributed by atoms with E-state index in [2.05, 4.69) is 12.1 Å². The molecule has 1 aromatic heterocycles. The molecule has 92 valence electrons. The molecule has 0 saturated carbocycles. The molecule has 7 heteroatoms. The smallest absolute Gasteiger partial charge is 0.418 e. The molecule has 0 radical (unpaired) electrons. The van der Waals surface area contributed by atoms with Crippen LogP contribution in [0.25, 0.3) is 10.9 Å². The summed E-state index contributed by atoms with van der Waals surface area (Å²) in [6, 6.07) is 12.1. The van der Waals surface area contributed by atoms with E-state index >= 15 is 0 Å². The summed E-state index contributed by atoms with van der Waals surface area (Å²) in [4.78, 5) is 0. The van der Waals surface area contributed by atoms with Crippen molar-refractivity contribution in [3.63, 3.8) is 0 Å². The van der Waals surface area contributed by atoms with Crippen LogP contribution in [0.2, 0.25) is 5.15 Å². The molecule has 0 aliphatic heterocycles. The Kier molecular flexibility index (Phi) is 4.34. The molecule has 0 saturated heterocycles. The molecule has 0 fully saturated rings. The van der Waals surface area contributed by atoms with Gasteiger partial charge in [-0.15, -0.1) is 0 Å². The summed E-state index contributed by atoms with van der Waals surface area (Å²) in [6.45, 7) is 0. The zero-order chi connectivity index (χ0) is 13.1. The lowest BCUT2D eigenvalue weighted by Gasteiger charge is -1.96. The van der Waals surface area contributed by atoms with Crippen molar-refractivity contribution in [2.75, 3.05) is 0 Å². The van der Waals surface area contributed by atoms with Crippen LogP contribution in [0, 0.1) is 0 Å². The van der Waals surface area contributed by atoms with Crippen molar-refractivity contribution in [1.29, 1.82) is 0 Å². The lowest BCUT2D eigenvalue weighted by atomic mass is 10.2. The van der Waals surface area contributed by atoms with Crippen LogP contribution in [0.4, 0.5) is 17.3 Å². The number of halogens is 5. The Morgan fingerprint density at radius 3 is 2.12 bits per heavy atom. The Labute approximate surface area is 101 Å². The molecule has 0 amide bonds. The van der Waals surface area contributed by atoms with Gasteiger partial charge in [0.25, 0.3) is 5.15 Å². The minimum Gasteiger partial charge on any atom is -0.418 e. The van der Waals surface area contributed by atoms with Gasteiger partial charge in [-0.3, -0.25) is 0 Å². The predicted octanol–water partition coefficient (Wildman–Crippen LogP) is 3.62. The van der Waals surface area contributed by atoms with Gasteiger partial charge in [0.1, 0.15) is 7.05 Å². The van der Waals surface area contributed by atoms with E-state index in [0.29, 0.717) is 0 Å². The minimum absolute atomic E-state index is 0.758. The van der Waals surface area contributed by atoms with Gasteiger partial charge in [-0.1, -0.05) is 12.1 Å². The van der Waals surface area contributed by atoms with E-state index in [1.54, 1.807) is 0 Å². The first-order valence-electron chi connectivity index (χ1n) is 4.69. The summed E-state index contributed by atoms with van der Waals surface area (Å²) < 4.78 is 41.0. The van der Waals surface area contributed by atoms with Crippen molar-refractivity contribution in [3.05, 3.63) is 41.6 Å². The lowest BCUT2D eigenvalue weighted by molar-refractivity contribution is -0.642. The van der Waals surface area contributed by atoms with Crippen LogP contribution in [0.3, 0.4) is 0 Å². The average molecular weight is 265 g/mol. The van der Waals surface area contributed by atoms with Gasteiger partial charge in [0.05, 0.1) is 0 Å². The third kappa shape index (κ3) is 4.60. The molecule has 0 aliphatic carbocycles. The molecule has 0 aliphatic rings. The summed E-state index contributed by atoms with van der Waals surface area (Å²) in [6.07, 6.45) is 0. The first-order chi connectivity index (χ1) is 7.79. The second-order valence-corrected chi connectivity index (χ2v) is 3.66. The van der Waals surface area contributed by atoms with Gasteiger partial charge < -0.3 is 17.3 Å². The normalized spacial score (nSPS) is 10.9. The third-order valence-electron chi connectivity index (χ3n) is 2.02. The maximum Gasteiger partial charge on any atom is 0.673 e. The highest BCUT2D eigenvalue weighted by Crippen LogP contribution is 2.11. The second kappa shape index (κ2) is 5.36. The molecule has 0 unspecified atom stereocenters. The Balaban J connectivity index is 0.000000249. The van der Waals surface area contributed by atoms with Gasteiger partial charge >= 0.3 is 7.25 Å². The Hall–Kier alpha value is -1.30. The van der Waals surface area contributed by atoms with E-state index in [-0.39, 0.29) is 0 Å². The van der Waals surface area contributed by atoms with Crippen LogP contribution >= 0.6 is 11.6 Å². The summed E-state index contributed by atoms with van der Waals surface area (Å²) in [5, 5.41) is 1.97. The van der Waals surface area contributed by atoms with Crippen LogP contribution in [0.5, 0.6) is 0 Å². The standard InChI is InChI=1S/C10H9ClN.BF4/c1-12-9-5-3-2-4-8(9)6-7-10(12)11;2-1(3,4)5/h2-7H,1H3;/q+1;-1. The second-order valence-electron chi connectivity index (χ2n) is 3.27. The highest BCUT2D eigenvalue weighted by atomic mass is 35.5. The third-order valence-corrected chi connectivity index (χ3v) is 2.40. The van der Waals surface area contributed by atoms with Gasteiger partial charge in [0.15, 0.2) is 0 Å². The number of para-hydroxylation sites is 1. The number of benzene rings is 1. The number of nitrogens with zero attached hydrogens (tertiary/aromatic N) is 1. The van der Waals surface area contributed by atoms with Crippen molar-refractivity contribution in [1.82, 2.24) is 0 Å². The Bertz CT molecular complexity index is 509. The molecular formula is C10H9BClF4N. The average Bonchev–Trinajstić information content (AvgIpc) is 2.22. The van der Waals surface area contributed by atoms with Crippen molar-refractivity contribution >= 4 is 29.8 Å². The zero-order valence-electron chi connectivity index (χ0n) is 8.88. The van der Waals surface area contributed by atoms with E-state index in [4.69, 9.17) is 11.6 Å². The van der Waals surface area contributed by atoms with Crippen molar-refractivity contribution in [2.45, 2.75) is 0 Å². The van der Waals surface area contributed by atoms with Crippen LogP contribution in [-0.2, 0) is 7.05 Å². The number of pyridine rings is 1. The van der Waals surface area contributed by atoms with Crippen molar-refractivity contribution < 1.29 is 21.8 Å². The maximum absolute atomic E-state index is 9.75. The molecular weight excluding hydrogens is 256 g/mol. The molecule has 1 heterocycles. The van der Waals surface area contributed by atoms with Gasteiger partial charge in [-0.2, -0.15) is 4.57 Å². The maximum atomic E-state index is 9.75. The van der Waals surface area contributed by atoms with Crippen LogP contribution < -0.4 is 4.57 Å². The quantitative estimate of drug-likeness (QED) is 0.296. The summed E-state index contributed by atoms with van der Waals surface area (Å²) in [7, 11) is -4.04. The van der Waals surface area contributed by atoms with Crippen molar-refractivity contribution in [2.24, 2.45) is 7.05 Å². The molecule has 1 aromatic carbocycles. The molecule has 0 spiro atoms. The summed E-state index contributed by atoms with van der Waals surface area (Å²) in [5.41, 5.74) is 1.16. The van der Waals surface area contributed by atoms with E-state index < -0.39 is 7.25 Å². The molecule has 17 heavy (non-hydrogen) atoms. The first-order valence-corrected chi connectivity index (χ1v) is 5.07. The lowest BCUT2D eigenvalue weighted by Crippen LogP contribution is -2.30. The van der Waals surface area contributed by atoms with Gasteiger partial charge in [0, 0.05) is 17.5 Å².